The van der Waals surface area contributed by atoms with E-state index in [2.05, 4.69) is 49.4 Å². The molecule has 0 saturated heterocycles. The fraction of sp³-hybridized carbons (Fsp3) is 0.583. The summed E-state index contributed by atoms with van der Waals surface area (Å²) >= 11 is 0. The maximum Gasteiger partial charge on any atom is 0.157 e. The highest BCUT2D eigenvalue weighted by Crippen LogP contribution is 2.23. The van der Waals surface area contributed by atoms with Crippen molar-refractivity contribution in [3.63, 3.8) is 0 Å². The zero-order chi connectivity index (χ0) is 12.3. The van der Waals surface area contributed by atoms with Crippen LogP contribution in [0.1, 0.15) is 39.4 Å². The number of hydrogen-bond donors (Lipinski definition) is 0. The highest BCUT2D eigenvalue weighted by Gasteiger charge is 2.11. The van der Waals surface area contributed by atoms with E-state index in [1.54, 1.807) is 0 Å². The molecule has 0 aliphatic rings. The molecule has 0 saturated carbocycles. The Bertz CT molecular complexity index is 399. The van der Waals surface area contributed by atoms with Gasteiger partial charge in [0.1, 0.15) is 5.84 Å². The number of hydrogen-bond acceptors (Lipinski definition) is 2. The number of aryl methyl sites for hydroxylation is 1. The van der Waals surface area contributed by atoms with E-state index in [0.717, 1.165) is 17.3 Å². The van der Waals surface area contributed by atoms with E-state index in [1.807, 2.05) is 17.8 Å². The second-order valence-electron chi connectivity index (χ2n) is 4.44. The normalized spacial score (nSPS) is 12.6. The predicted molar refractivity (Wildman–Crippen MR) is 68.8 cm³/mol. The molecule has 0 amide bonds. The second-order valence-corrected chi connectivity index (χ2v) is 4.44. The van der Waals surface area contributed by atoms with E-state index >= 15 is 0 Å². The molecule has 0 spiro atoms. The average molecular weight is 220 g/mol. The Morgan fingerprint density at radius 2 is 2.00 bits per heavy atom. The molecule has 4 nitrogen and oxygen atoms in total. The van der Waals surface area contributed by atoms with Gasteiger partial charge in [0.05, 0.1) is 12.0 Å². The van der Waals surface area contributed by atoms with Crippen molar-refractivity contribution in [2.75, 3.05) is 0 Å². The summed E-state index contributed by atoms with van der Waals surface area (Å²) in [5.74, 6) is 1.91. The smallest absolute Gasteiger partial charge is 0.157 e. The van der Waals surface area contributed by atoms with Gasteiger partial charge in [-0.15, -0.1) is 0 Å². The summed E-state index contributed by atoms with van der Waals surface area (Å²) in [6.45, 7) is 13.8. The fourth-order valence-electron chi connectivity index (χ4n) is 1.42. The van der Waals surface area contributed by atoms with Gasteiger partial charge in [-0.2, -0.15) is 0 Å². The number of aromatic nitrogens is 2. The minimum absolute atomic E-state index is 0.271. The van der Waals surface area contributed by atoms with Crippen molar-refractivity contribution in [2.45, 2.75) is 40.7 Å². The molecule has 1 aromatic heterocycles. The second kappa shape index (κ2) is 5.05. The summed E-state index contributed by atoms with van der Waals surface area (Å²) in [5.41, 5.74) is 0.926. The number of aliphatic imine (C=N–C) groups is 2. The molecule has 0 radical (unpaired) electrons. The molecule has 16 heavy (non-hydrogen) atoms. The average Bonchev–Trinajstić information content (AvgIpc) is 2.56. The Balaban J connectivity index is 3.21. The molecule has 88 valence electrons. The van der Waals surface area contributed by atoms with E-state index < -0.39 is 0 Å². The number of rotatable bonds is 3. The summed E-state index contributed by atoms with van der Waals surface area (Å²) in [5, 5.41) is 0. The summed E-state index contributed by atoms with van der Waals surface area (Å²) in [7, 11) is 0. The third kappa shape index (κ3) is 2.56. The zero-order valence-electron chi connectivity index (χ0n) is 10.7. The Labute approximate surface area is 97.1 Å². The van der Waals surface area contributed by atoms with E-state index in [0.29, 0.717) is 6.04 Å². The first-order valence-corrected chi connectivity index (χ1v) is 5.56. The Kier molecular flexibility index (Phi) is 3.99. The zero-order valence-corrected chi connectivity index (χ0v) is 10.7. The monoisotopic (exact) mass is 220 g/mol. The highest BCUT2D eigenvalue weighted by molar-refractivity contribution is 5.89. The minimum Gasteiger partial charge on any atom is -0.313 e. The van der Waals surface area contributed by atoms with Crippen LogP contribution in [0.3, 0.4) is 0 Å². The van der Waals surface area contributed by atoms with E-state index in [-0.39, 0.29) is 5.92 Å². The molecule has 0 unspecified atom stereocenters. The Morgan fingerprint density at radius 3 is 2.44 bits per heavy atom. The van der Waals surface area contributed by atoms with Gasteiger partial charge in [-0.1, -0.05) is 13.8 Å². The van der Waals surface area contributed by atoms with Gasteiger partial charge in [0.25, 0.3) is 0 Å². The molecule has 1 aromatic rings. The van der Waals surface area contributed by atoms with Gasteiger partial charge in [0.15, 0.2) is 5.82 Å². The summed E-state index contributed by atoms with van der Waals surface area (Å²) in [6, 6.07) is 0.346. The largest absolute Gasteiger partial charge is 0.313 e. The van der Waals surface area contributed by atoms with Crippen LogP contribution in [0.4, 0.5) is 5.82 Å². The third-order valence-electron chi connectivity index (χ3n) is 2.40. The van der Waals surface area contributed by atoms with Crippen LogP contribution in [0, 0.1) is 12.8 Å². The summed E-state index contributed by atoms with van der Waals surface area (Å²) in [4.78, 5) is 12.8. The van der Waals surface area contributed by atoms with Crippen LogP contribution in [0.15, 0.2) is 16.3 Å². The summed E-state index contributed by atoms with van der Waals surface area (Å²) < 4.78 is 2.04. The molecular formula is C12H20N4. The molecule has 0 aliphatic carbocycles. The van der Waals surface area contributed by atoms with Crippen LogP contribution >= 0.6 is 0 Å². The lowest BCUT2D eigenvalue weighted by Crippen LogP contribution is -2.05. The van der Waals surface area contributed by atoms with Crippen LogP contribution in [0.2, 0.25) is 0 Å². The minimum atomic E-state index is 0.271. The quantitative estimate of drug-likeness (QED) is 0.570. The van der Waals surface area contributed by atoms with Crippen LogP contribution in [-0.2, 0) is 0 Å². The molecule has 0 N–H and O–H groups in total. The van der Waals surface area contributed by atoms with Crippen molar-refractivity contribution < 1.29 is 0 Å². The predicted octanol–water partition coefficient (Wildman–Crippen LogP) is 3.16. The molecule has 0 aliphatic heterocycles. The standard InChI is InChI=1S/C12H20N4/c1-8(2)11(13-6)15-12-10(5)14-7-16(12)9(3)4/h7-9H,6H2,1-5H3. The first-order valence-electron chi connectivity index (χ1n) is 5.56. The van der Waals surface area contributed by atoms with Gasteiger partial charge in [0, 0.05) is 12.0 Å². The van der Waals surface area contributed by atoms with Gasteiger partial charge < -0.3 is 4.57 Å². The Morgan fingerprint density at radius 1 is 1.38 bits per heavy atom. The van der Waals surface area contributed by atoms with E-state index in [9.17, 15) is 0 Å². The van der Waals surface area contributed by atoms with Crippen molar-refractivity contribution in [1.82, 2.24) is 9.55 Å². The highest BCUT2D eigenvalue weighted by atomic mass is 15.2. The Hall–Kier alpha value is -1.45. The molecule has 4 heteroatoms. The lowest BCUT2D eigenvalue weighted by Gasteiger charge is -2.10. The van der Waals surface area contributed by atoms with Crippen LogP contribution in [0.5, 0.6) is 0 Å². The van der Waals surface area contributed by atoms with Gasteiger partial charge in [-0.05, 0) is 27.5 Å². The molecule has 1 heterocycles. The van der Waals surface area contributed by atoms with Crippen LogP contribution < -0.4 is 0 Å². The number of nitrogens with zero attached hydrogens (tertiary/aromatic N) is 4. The lowest BCUT2D eigenvalue weighted by atomic mass is 10.2. The molecular weight excluding hydrogens is 200 g/mol. The molecule has 0 atom stereocenters. The van der Waals surface area contributed by atoms with Crippen molar-refractivity contribution in [3.8, 4) is 0 Å². The molecule has 0 fully saturated rings. The molecule has 0 aromatic carbocycles. The van der Waals surface area contributed by atoms with Crippen LogP contribution in [0.25, 0.3) is 0 Å². The first-order chi connectivity index (χ1) is 7.47. The summed E-state index contributed by atoms with van der Waals surface area (Å²) in [6.07, 6.45) is 1.82. The molecule has 1 rings (SSSR count). The first kappa shape index (κ1) is 12.6. The van der Waals surface area contributed by atoms with Crippen molar-refractivity contribution >= 4 is 18.4 Å². The van der Waals surface area contributed by atoms with Gasteiger partial charge in [0.2, 0.25) is 0 Å². The van der Waals surface area contributed by atoms with Crippen molar-refractivity contribution in [1.29, 1.82) is 0 Å². The number of amidine groups is 1. The van der Waals surface area contributed by atoms with E-state index in [1.165, 1.54) is 0 Å². The van der Waals surface area contributed by atoms with Crippen molar-refractivity contribution in [3.05, 3.63) is 12.0 Å². The third-order valence-corrected chi connectivity index (χ3v) is 2.40. The van der Waals surface area contributed by atoms with E-state index in [4.69, 9.17) is 0 Å². The lowest BCUT2D eigenvalue weighted by molar-refractivity contribution is 0.602. The van der Waals surface area contributed by atoms with Gasteiger partial charge >= 0.3 is 0 Å². The topological polar surface area (TPSA) is 42.5 Å². The maximum absolute atomic E-state index is 4.55. The van der Waals surface area contributed by atoms with Gasteiger partial charge in [-0.25, -0.2) is 15.0 Å². The fourth-order valence-corrected chi connectivity index (χ4v) is 1.42. The molecule has 0 bridgehead atoms. The number of imidazole rings is 1. The van der Waals surface area contributed by atoms with Crippen LogP contribution in [-0.4, -0.2) is 22.1 Å². The van der Waals surface area contributed by atoms with Gasteiger partial charge in [-0.3, -0.25) is 0 Å². The maximum atomic E-state index is 4.55. The van der Waals surface area contributed by atoms with Crippen molar-refractivity contribution in [2.24, 2.45) is 15.9 Å². The SMILES string of the molecule is C=NC(=Nc1c(C)ncn1C(C)C)C(C)C.